The highest BCUT2D eigenvalue weighted by Crippen LogP contribution is 2.28. The third kappa shape index (κ3) is 5.22. The normalized spacial score (nSPS) is 15.2. The molecule has 4 heteroatoms. The molecule has 1 aliphatic carbocycles. The van der Waals surface area contributed by atoms with Crippen molar-refractivity contribution in [1.29, 1.82) is 0 Å². The monoisotopic (exact) mass is 352 g/mol. The summed E-state index contributed by atoms with van der Waals surface area (Å²) in [5.74, 6) is 2.43. The molecule has 138 valence electrons. The molecule has 1 heterocycles. The lowest BCUT2D eigenvalue weighted by Gasteiger charge is -2.25. The molecule has 4 nitrogen and oxygen atoms in total. The second-order valence-corrected chi connectivity index (χ2v) is 7.09. The maximum absolute atomic E-state index is 10.3. The summed E-state index contributed by atoms with van der Waals surface area (Å²) in [7, 11) is 0. The van der Waals surface area contributed by atoms with Gasteiger partial charge in [0.15, 0.2) is 0 Å². The van der Waals surface area contributed by atoms with Crippen LogP contribution in [0.3, 0.4) is 0 Å². The lowest BCUT2D eigenvalue weighted by Crippen LogP contribution is -2.36. The van der Waals surface area contributed by atoms with Crippen molar-refractivity contribution in [2.75, 3.05) is 19.8 Å². The van der Waals surface area contributed by atoms with Gasteiger partial charge < -0.3 is 14.4 Å². The summed E-state index contributed by atoms with van der Waals surface area (Å²) in [4.78, 5) is 2.37. The molecule has 3 rings (SSSR count). The maximum Gasteiger partial charge on any atom is 0.107 e. The second-order valence-electron chi connectivity index (χ2n) is 7.09. The molecule has 1 saturated carbocycles. The molecule has 0 radical (unpaired) electrons. The minimum atomic E-state index is -0.510. The highest BCUT2D eigenvalue weighted by molar-refractivity contribution is 5.26. The van der Waals surface area contributed by atoms with E-state index < -0.39 is 6.10 Å². The third-order valence-corrected chi connectivity index (χ3v) is 4.89. The predicted octanol–water partition coefficient (Wildman–Crippen LogP) is 2.82. The number of aliphatic hydroxyl groups excluding tert-OH is 1. The van der Waals surface area contributed by atoms with E-state index in [2.05, 4.69) is 64.9 Å². The van der Waals surface area contributed by atoms with E-state index in [0.717, 1.165) is 13.1 Å². The summed E-state index contributed by atoms with van der Waals surface area (Å²) in [5, 5.41) is 10.3. The Bertz CT molecular complexity index is 743. The van der Waals surface area contributed by atoms with E-state index in [4.69, 9.17) is 11.2 Å². The Hall–Kier alpha value is -2.06. The summed E-state index contributed by atoms with van der Waals surface area (Å²) in [6, 6.07) is 13.4. The standard InChI is InChI=1S/C22H28N2O2/c1-3-13-26-17-22(25)16-24(20-10-11-20)15-21-9-6-12-23(21)14-19-8-5-4-7-18(19)2/h1,4-9,12,20,22,25H,10-11,13-17H2,2H3/t22-/m1/s1. The zero-order valence-electron chi connectivity index (χ0n) is 15.5. The van der Waals surface area contributed by atoms with Crippen LogP contribution in [0, 0.1) is 19.3 Å². The smallest absolute Gasteiger partial charge is 0.107 e. The van der Waals surface area contributed by atoms with Crippen LogP contribution in [0.2, 0.25) is 0 Å². The molecular weight excluding hydrogens is 324 g/mol. The molecule has 0 aliphatic heterocycles. The molecule has 0 spiro atoms. The van der Waals surface area contributed by atoms with Gasteiger partial charge in [-0.2, -0.15) is 0 Å². The van der Waals surface area contributed by atoms with Gasteiger partial charge in [0.1, 0.15) is 6.61 Å². The number of aromatic nitrogens is 1. The summed E-state index contributed by atoms with van der Waals surface area (Å²) >= 11 is 0. The van der Waals surface area contributed by atoms with Gasteiger partial charge in [0.25, 0.3) is 0 Å². The molecular formula is C22H28N2O2. The Kier molecular flexibility index (Phi) is 6.51. The van der Waals surface area contributed by atoms with Crippen molar-refractivity contribution in [3.05, 3.63) is 59.4 Å². The van der Waals surface area contributed by atoms with Gasteiger partial charge in [-0.25, -0.2) is 0 Å². The van der Waals surface area contributed by atoms with Crippen LogP contribution >= 0.6 is 0 Å². The second kappa shape index (κ2) is 9.05. The first-order chi connectivity index (χ1) is 12.7. The molecule has 0 bridgehead atoms. The van der Waals surface area contributed by atoms with E-state index in [-0.39, 0.29) is 13.2 Å². The number of benzene rings is 1. The van der Waals surface area contributed by atoms with Crippen molar-refractivity contribution in [2.45, 2.75) is 45.0 Å². The summed E-state index contributed by atoms with van der Waals surface area (Å²) in [5.41, 5.74) is 3.93. The highest BCUT2D eigenvalue weighted by atomic mass is 16.5. The van der Waals surface area contributed by atoms with Gasteiger partial charge >= 0.3 is 0 Å². The van der Waals surface area contributed by atoms with Gasteiger partial charge in [-0.3, -0.25) is 4.90 Å². The summed E-state index contributed by atoms with van der Waals surface area (Å²) in [6.45, 7) is 5.03. The van der Waals surface area contributed by atoms with Crippen molar-refractivity contribution in [3.63, 3.8) is 0 Å². The number of aryl methyl sites for hydroxylation is 1. The van der Waals surface area contributed by atoms with Crippen molar-refractivity contribution >= 4 is 0 Å². The number of nitrogens with zero attached hydrogens (tertiary/aromatic N) is 2. The van der Waals surface area contributed by atoms with Gasteiger partial charge in [0.2, 0.25) is 0 Å². The Morgan fingerprint density at radius 2 is 2.12 bits per heavy atom. The van der Waals surface area contributed by atoms with Crippen LogP contribution in [0.25, 0.3) is 0 Å². The van der Waals surface area contributed by atoms with Crippen LogP contribution in [0.5, 0.6) is 0 Å². The van der Waals surface area contributed by atoms with Gasteiger partial charge in [-0.15, -0.1) is 6.42 Å². The van der Waals surface area contributed by atoms with Crippen LogP contribution in [0.1, 0.15) is 29.7 Å². The number of hydrogen-bond donors (Lipinski definition) is 1. The van der Waals surface area contributed by atoms with Crippen LogP contribution in [-0.4, -0.2) is 46.5 Å². The maximum atomic E-state index is 10.3. The molecule has 1 fully saturated rings. The van der Waals surface area contributed by atoms with Crippen LogP contribution in [-0.2, 0) is 17.8 Å². The summed E-state index contributed by atoms with van der Waals surface area (Å²) < 4.78 is 7.58. The largest absolute Gasteiger partial charge is 0.389 e. The van der Waals surface area contributed by atoms with Gasteiger partial charge in [0.05, 0.1) is 12.7 Å². The van der Waals surface area contributed by atoms with Gasteiger partial charge in [0, 0.05) is 37.6 Å². The first-order valence-corrected chi connectivity index (χ1v) is 9.29. The molecule has 0 amide bonds. The SMILES string of the molecule is C#CCOC[C@H](O)CN(Cc1cccn1Cc1ccccc1C)C1CC1. The average molecular weight is 352 g/mol. The lowest BCUT2D eigenvalue weighted by molar-refractivity contribution is 0.0238. The first kappa shape index (κ1) is 18.7. The Morgan fingerprint density at radius 3 is 2.85 bits per heavy atom. The van der Waals surface area contributed by atoms with E-state index in [1.165, 1.54) is 29.7 Å². The van der Waals surface area contributed by atoms with Crippen LogP contribution < -0.4 is 0 Å². The van der Waals surface area contributed by atoms with E-state index in [1.54, 1.807) is 0 Å². The molecule has 1 atom stereocenters. The number of ether oxygens (including phenoxy) is 1. The van der Waals surface area contributed by atoms with Crippen LogP contribution in [0.15, 0.2) is 42.6 Å². The third-order valence-electron chi connectivity index (χ3n) is 4.89. The zero-order valence-corrected chi connectivity index (χ0v) is 15.5. The fourth-order valence-electron chi connectivity index (χ4n) is 3.29. The molecule has 1 aliphatic rings. The number of hydrogen-bond acceptors (Lipinski definition) is 3. The van der Waals surface area contributed by atoms with E-state index in [1.807, 2.05) is 0 Å². The topological polar surface area (TPSA) is 37.6 Å². The highest BCUT2D eigenvalue weighted by Gasteiger charge is 2.30. The fourth-order valence-corrected chi connectivity index (χ4v) is 3.29. The number of terminal acetylenes is 1. The van der Waals surface area contributed by atoms with E-state index in [9.17, 15) is 5.11 Å². The van der Waals surface area contributed by atoms with Gasteiger partial charge in [-0.05, 0) is 43.0 Å². The molecule has 1 aromatic heterocycles. The quantitative estimate of drug-likeness (QED) is 0.528. The Morgan fingerprint density at radius 1 is 1.31 bits per heavy atom. The average Bonchev–Trinajstić information content (AvgIpc) is 3.39. The molecule has 0 unspecified atom stereocenters. The zero-order chi connectivity index (χ0) is 18.4. The number of aliphatic hydroxyl groups is 1. The Balaban J connectivity index is 1.62. The van der Waals surface area contributed by atoms with Crippen molar-refractivity contribution < 1.29 is 9.84 Å². The first-order valence-electron chi connectivity index (χ1n) is 9.29. The minimum Gasteiger partial charge on any atom is -0.389 e. The molecule has 26 heavy (non-hydrogen) atoms. The van der Waals surface area contributed by atoms with Gasteiger partial charge in [-0.1, -0.05) is 30.2 Å². The summed E-state index contributed by atoms with van der Waals surface area (Å²) in [6.07, 6.45) is 9.22. The minimum absolute atomic E-state index is 0.250. The van der Waals surface area contributed by atoms with Crippen molar-refractivity contribution in [3.8, 4) is 12.3 Å². The van der Waals surface area contributed by atoms with E-state index in [0.29, 0.717) is 12.6 Å². The van der Waals surface area contributed by atoms with Crippen LogP contribution in [0.4, 0.5) is 0 Å². The molecule has 1 N–H and O–H groups in total. The molecule has 0 saturated heterocycles. The fraction of sp³-hybridized carbons (Fsp3) is 0.455. The van der Waals surface area contributed by atoms with E-state index >= 15 is 0 Å². The number of rotatable bonds is 10. The Labute approximate surface area is 156 Å². The van der Waals surface area contributed by atoms with Crippen molar-refractivity contribution in [2.24, 2.45) is 0 Å². The molecule has 2 aromatic rings. The lowest BCUT2D eigenvalue weighted by atomic mass is 10.1. The predicted molar refractivity (Wildman–Crippen MR) is 104 cm³/mol. The molecule has 1 aromatic carbocycles. The van der Waals surface area contributed by atoms with Crippen molar-refractivity contribution in [1.82, 2.24) is 9.47 Å².